The van der Waals surface area contributed by atoms with Crippen LogP contribution in [0.25, 0.3) is 0 Å². The molecular formula is C30H36F3N3O4S. The maximum atomic E-state index is 13.6. The van der Waals surface area contributed by atoms with Crippen molar-refractivity contribution in [2.75, 3.05) is 39.0 Å². The van der Waals surface area contributed by atoms with Crippen LogP contribution in [-0.4, -0.2) is 76.4 Å². The molecule has 1 atom stereocenters. The van der Waals surface area contributed by atoms with E-state index in [0.29, 0.717) is 56.6 Å². The third-order valence-electron chi connectivity index (χ3n) is 7.71. The van der Waals surface area contributed by atoms with Gasteiger partial charge in [0, 0.05) is 44.2 Å². The minimum absolute atomic E-state index is 0.0761. The molecule has 0 radical (unpaired) electrons. The summed E-state index contributed by atoms with van der Waals surface area (Å²) in [5.74, 6) is 0.393. The van der Waals surface area contributed by atoms with Gasteiger partial charge in [0.25, 0.3) is 5.91 Å². The second-order valence-corrected chi connectivity index (χ2v) is 12.3. The van der Waals surface area contributed by atoms with Crippen LogP contribution >= 0.6 is 0 Å². The van der Waals surface area contributed by atoms with Gasteiger partial charge in [-0.2, -0.15) is 13.2 Å². The van der Waals surface area contributed by atoms with Crippen LogP contribution in [0, 0.1) is 6.92 Å². The zero-order valence-electron chi connectivity index (χ0n) is 23.4. The van der Waals surface area contributed by atoms with E-state index in [4.69, 9.17) is 4.74 Å². The molecule has 1 saturated heterocycles. The lowest BCUT2D eigenvalue weighted by Crippen LogP contribution is -2.45. The van der Waals surface area contributed by atoms with Gasteiger partial charge in [0.2, 0.25) is 0 Å². The number of hydrogen-bond acceptors (Lipinski definition) is 5. The Labute approximate surface area is 241 Å². The lowest BCUT2D eigenvalue weighted by atomic mass is 9.90. The normalized spacial score (nSPS) is 25.0. The first-order chi connectivity index (χ1) is 19.5. The monoisotopic (exact) mass is 591 g/mol. The molecule has 0 aromatic heterocycles. The van der Waals surface area contributed by atoms with Crippen LogP contribution in [0.5, 0.6) is 5.75 Å². The highest BCUT2D eigenvalue weighted by Gasteiger charge is 2.36. The second kappa shape index (κ2) is 13.3. The van der Waals surface area contributed by atoms with Crippen molar-refractivity contribution in [1.82, 2.24) is 9.21 Å². The van der Waals surface area contributed by atoms with Gasteiger partial charge in [0.1, 0.15) is 17.6 Å². The Hall–Kier alpha value is -3.05. The molecule has 41 heavy (non-hydrogen) atoms. The van der Waals surface area contributed by atoms with E-state index in [1.165, 1.54) is 12.3 Å². The average molecular weight is 592 g/mol. The number of aldehydes is 1. The Bertz CT molecular complexity index is 1310. The number of rotatable bonds is 1. The molecule has 6 rings (SSSR count). The molecule has 0 spiro atoms. The molecule has 1 amide bonds. The van der Waals surface area contributed by atoms with E-state index in [9.17, 15) is 27.0 Å². The SMILES string of the molecule is Cc1cc2ccc1CCS(=O)N1CCC(C=O)(CC1)N=Cc1cc(cc(C(F)(F)F)c1)OCCCCCN(C)C2=O. The van der Waals surface area contributed by atoms with Crippen LogP contribution in [0.3, 0.4) is 0 Å². The predicted molar refractivity (Wildman–Crippen MR) is 153 cm³/mol. The molecule has 1 fully saturated rings. The summed E-state index contributed by atoms with van der Waals surface area (Å²) < 4.78 is 61.3. The molecule has 2 aromatic carbocycles. The van der Waals surface area contributed by atoms with Gasteiger partial charge in [-0.25, -0.2) is 8.51 Å². The minimum Gasteiger partial charge on any atom is -0.494 e. The molecule has 4 heterocycles. The van der Waals surface area contributed by atoms with Crippen molar-refractivity contribution >= 4 is 29.4 Å². The quantitative estimate of drug-likeness (QED) is 0.437. The van der Waals surface area contributed by atoms with Crippen LogP contribution in [0.4, 0.5) is 13.2 Å². The summed E-state index contributed by atoms with van der Waals surface area (Å²) in [5.41, 5.74) is 0.837. The van der Waals surface area contributed by atoms with E-state index in [0.717, 1.165) is 42.4 Å². The number of piperidine rings is 1. The van der Waals surface area contributed by atoms with E-state index < -0.39 is 28.3 Å². The summed E-state index contributed by atoms with van der Waals surface area (Å²) in [6, 6.07) is 9.03. The molecule has 0 saturated carbocycles. The second-order valence-electron chi connectivity index (χ2n) is 10.7. The third-order valence-corrected chi connectivity index (χ3v) is 9.21. The Kier molecular flexibility index (Phi) is 10.0. The van der Waals surface area contributed by atoms with Crippen molar-refractivity contribution in [3.05, 3.63) is 64.2 Å². The fraction of sp³-hybridized carbons (Fsp3) is 0.500. The lowest BCUT2D eigenvalue weighted by Gasteiger charge is -2.34. The fourth-order valence-corrected chi connectivity index (χ4v) is 6.32. The fourth-order valence-electron chi connectivity index (χ4n) is 5.08. The number of nitrogens with zero attached hydrogens (tertiary/aromatic N) is 3. The van der Waals surface area contributed by atoms with Crippen LogP contribution < -0.4 is 4.74 Å². The largest absolute Gasteiger partial charge is 0.494 e. The topological polar surface area (TPSA) is 79.3 Å². The van der Waals surface area contributed by atoms with Gasteiger partial charge in [-0.15, -0.1) is 0 Å². The number of halogens is 3. The van der Waals surface area contributed by atoms with Crippen LogP contribution in [0.1, 0.15) is 64.7 Å². The summed E-state index contributed by atoms with van der Waals surface area (Å²) in [7, 11) is 0.471. The standard InChI is InChI=1S/C30H36F3N3O4S/c1-22-16-25-7-6-24(22)8-15-41(39)36-12-9-29(21-37,10-13-36)34-20-23-17-26(30(31,32)33)19-27(18-23)40-14-5-3-4-11-35(2)28(25)38/h6-7,16-21H,3-5,8-15H2,1-2H3. The van der Waals surface area contributed by atoms with E-state index in [-0.39, 0.29) is 23.8 Å². The number of amides is 1. The summed E-state index contributed by atoms with van der Waals surface area (Å²) in [4.78, 5) is 31.1. The summed E-state index contributed by atoms with van der Waals surface area (Å²) in [5, 5.41) is 0. The van der Waals surface area contributed by atoms with Crippen LogP contribution in [-0.2, 0) is 28.4 Å². The highest BCUT2D eigenvalue weighted by molar-refractivity contribution is 7.82. The Morgan fingerprint density at radius 2 is 1.80 bits per heavy atom. The molecule has 4 aliphatic heterocycles. The highest BCUT2D eigenvalue weighted by atomic mass is 32.2. The molecule has 7 nitrogen and oxygen atoms in total. The van der Waals surface area contributed by atoms with Gasteiger partial charge in [-0.1, -0.05) is 6.07 Å². The number of aliphatic imine (C=N–C) groups is 1. The van der Waals surface area contributed by atoms with Gasteiger partial charge >= 0.3 is 6.18 Å². The van der Waals surface area contributed by atoms with Crippen molar-refractivity contribution in [2.45, 2.75) is 57.2 Å². The number of fused-ring (bicyclic) bond motifs is 2. The summed E-state index contributed by atoms with van der Waals surface area (Å²) >= 11 is 0. The number of hydrogen-bond donors (Lipinski definition) is 0. The highest BCUT2D eigenvalue weighted by Crippen LogP contribution is 2.33. The Morgan fingerprint density at radius 1 is 1.05 bits per heavy atom. The first-order valence-electron chi connectivity index (χ1n) is 13.8. The maximum absolute atomic E-state index is 13.6. The van der Waals surface area contributed by atoms with Crippen molar-refractivity contribution in [3.63, 3.8) is 0 Å². The van der Waals surface area contributed by atoms with Crippen molar-refractivity contribution in [3.8, 4) is 5.75 Å². The molecule has 0 N–H and O–H groups in total. The molecule has 0 aliphatic carbocycles. The average Bonchev–Trinajstić information content (AvgIpc) is 2.95. The molecular weight excluding hydrogens is 555 g/mol. The van der Waals surface area contributed by atoms with Gasteiger partial charge in [-0.05, 0) is 92.5 Å². The molecule has 1 unspecified atom stereocenters. The Balaban J connectivity index is 1.57. The van der Waals surface area contributed by atoms with Gasteiger partial charge in [0.15, 0.2) is 0 Å². The van der Waals surface area contributed by atoms with E-state index in [1.54, 1.807) is 18.0 Å². The number of carbonyl (C=O) groups excluding carboxylic acids is 2. The van der Waals surface area contributed by atoms with Crippen LogP contribution in [0.2, 0.25) is 0 Å². The van der Waals surface area contributed by atoms with Crippen LogP contribution in [0.15, 0.2) is 41.4 Å². The van der Waals surface area contributed by atoms with Crippen molar-refractivity contribution in [2.24, 2.45) is 4.99 Å². The summed E-state index contributed by atoms with van der Waals surface area (Å²) in [6.45, 7) is 3.46. The lowest BCUT2D eigenvalue weighted by molar-refractivity contribution is -0.137. The van der Waals surface area contributed by atoms with Gasteiger partial charge < -0.3 is 14.4 Å². The molecule has 222 valence electrons. The third kappa shape index (κ3) is 8.03. The van der Waals surface area contributed by atoms with Crippen molar-refractivity contribution in [1.29, 1.82) is 0 Å². The predicted octanol–water partition coefficient (Wildman–Crippen LogP) is 5.01. The molecule has 11 heteroatoms. The summed E-state index contributed by atoms with van der Waals surface area (Å²) in [6.07, 6.45) is 0.742. The zero-order chi connectivity index (χ0) is 29.6. The van der Waals surface area contributed by atoms with Gasteiger partial charge in [-0.3, -0.25) is 9.79 Å². The molecule has 4 aliphatic rings. The number of alkyl halides is 3. The van der Waals surface area contributed by atoms with E-state index in [1.807, 2.05) is 23.4 Å². The van der Waals surface area contributed by atoms with Crippen molar-refractivity contribution < 1.29 is 31.7 Å². The molecule has 2 aromatic rings. The smallest absolute Gasteiger partial charge is 0.416 e. The number of aryl methyl sites for hydroxylation is 2. The van der Waals surface area contributed by atoms with Gasteiger partial charge in [0.05, 0.1) is 23.2 Å². The molecule has 6 bridgehead atoms. The zero-order valence-corrected chi connectivity index (χ0v) is 24.2. The first kappa shape index (κ1) is 30.9. The first-order valence-corrected chi connectivity index (χ1v) is 15.1. The van der Waals surface area contributed by atoms with E-state index >= 15 is 0 Å². The van der Waals surface area contributed by atoms with E-state index in [2.05, 4.69) is 4.99 Å². The minimum atomic E-state index is -4.57. The number of benzene rings is 2. The number of ether oxygens (including phenoxy) is 1. The Morgan fingerprint density at radius 3 is 2.49 bits per heavy atom. The maximum Gasteiger partial charge on any atom is 0.416 e. The number of carbonyl (C=O) groups is 2.